The third-order valence-electron chi connectivity index (χ3n) is 11.8. The van der Waals surface area contributed by atoms with Crippen LogP contribution in [-0.4, -0.2) is 87.7 Å². The molecule has 0 amide bonds. The van der Waals surface area contributed by atoms with Crippen LogP contribution in [0.5, 0.6) is 0 Å². The second kappa shape index (κ2) is 20.1. The number of hydrogen-bond donors (Lipinski definition) is 10. The second-order valence-corrected chi connectivity index (χ2v) is 21.4. The van der Waals surface area contributed by atoms with Crippen molar-refractivity contribution in [3.8, 4) is 22.5 Å². The summed E-state index contributed by atoms with van der Waals surface area (Å²) in [6, 6.07) is 18.1. The highest BCUT2D eigenvalue weighted by molar-refractivity contribution is 7.86. The molecule has 0 bridgehead atoms. The minimum absolute atomic E-state index is 0.0352. The van der Waals surface area contributed by atoms with E-state index in [1.807, 2.05) is 39.8 Å². The fraction of sp³-hybridized carbons (Fsp3) is 0.213. The smallest absolute Gasteiger partial charge is 0.295 e. The lowest BCUT2D eigenvalue weighted by Crippen LogP contribution is -2.17. The van der Waals surface area contributed by atoms with Gasteiger partial charge in [0.25, 0.3) is 30.4 Å². The van der Waals surface area contributed by atoms with Crippen LogP contribution in [0.4, 0.5) is 64.1 Å². The number of aryl methyl sites for hydroxylation is 2. The number of hydrogen-bond acceptors (Lipinski definition) is 21. The van der Waals surface area contributed by atoms with Crippen molar-refractivity contribution in [2.24, 2.45) is 4.99 Å². The van der Waals surface area contributed by atoms with Crippen molar-refractivity contribution in [3.05, 3.63) is 105 Å². The molecule has 1 aliphatic carbocycles. The van der Waals surface area contributed by atoms with Crippen molar-refractivity contribution in [3.63, 3.8) is 0 Å². The van der Waals surface area contributed by atoms with Gasteiger partial charge in [0.15, 0.2) is 0 Å². The summed E-state index contributed by atoms with van der Waals surface area (Å²) in [7, 11) is -14.0. The van der Waals surface area contributed by atoms with E-state index in [0.717, 1.165) is 28.1 Å². The Morgan fingerprint density at radius 2 is 1.22 bits per heavy atom. The van der Waals surface area contributed by atoms with Gasteiger partial charge in [-0.25, -0.2) is 4.99 Å². The normalized spacial score (nSPS) is 12.3. The fourth-order valence-corrected chi connectivity index (χ4v) is 10.7. The van der Waals surface area contributed by atoms with E-state index >= 15 is 0 Å². The summed E-state index contributed by atoms with van der Waals surface area (Å²) in [5.74, 6) is -0.504. The quantitative estimate of drug-likeness (QED) is 0.0335. The maximum Gasteiger partial charge on any atom is 0.295 e. The fourth-order valence-electron chi connectivity index (χ4n) is 8.71. The molecule has 2 aliphatic rings. The summed E-state index contributed by atoms with van der Waals surface area (Å²) >= 11 is 0. The molecule has 27 heteroatoms. The average Bonchev–Trinajstić information content (AvgIpc) is 3.29. The minimum Gasteiger partial charge on any atom is -0.456 e. The number of nitrogens with one attached hydrogen (secondary N) is 5. The van der Waals surface area contributed by atoms with Gasteiger partial charge in [-0.1, -0.05) is 24.3 Å². The van der Waals surface area contributed by atoms with Gasteiger partial charge in [-0.05, 0) is 112 Å². The molecule has 2 aromatic heterocycles. The minimum atomic E-state index is -4.90. The third-order valence-corrected chi connectivity index (χ3v) is 14.5. The Labute approximate surface area is 424 Å². The van der Waals surface area contributed by atoms with Gasteiger partial charge >= 0.3 is 0 Å². The molecule has 1 aliphatic heterocycles. The van der Waals surface area contributed by atoms with E-state index in [-0.39, 0.29) is 80.4 Å². The van der Waals surface area contributed by atoms with Gasteiger partial charge in [0.2, 0.25) is 35.7 Å². The highest BCUT2D eigenvalue weighted by Crippen LogP contribution is 2.44. The molecular weight excluding hydrogens is 1020 g/mol. The Morgan fingerprint density at radius 1 is 0.608 bits per heavy atom. The molecule has 4 aromatic carbocycles. The molecule has 0 spiro atoms. The molecule has 0 unspecified atom stereocenters. The monoisotopic (exact) mass is 1070 g/mol. The molecule has 0 atom stereocenters. The lowest BCUT2D eigenvalue weighted by molar-refractivity contribution is 0.480. The van der Waals surface area contributed by atoms with Crippen molar-refractivity contribution in [1.29, 1.82) is 0 Å². The number of nitrogens with two attached hydrogens (primary N) is 2. The van der Waals surface area contributed by atoms with Gasteiger partial charge in [-0.2, -0.15) is 55.2 Å². The maximum atomic E-state index is 13.0. The molecule has 74 heavy (non-hydrogen) atoms. The van der Waals surface area contributed by atoms with E-state index in [2.05, 4.69) is 56.5 Å². The lowest BCUT2D eigenvalue weighted by Gasteiger charge is -2.21. The van der Waals surface area contributed by atoms with Crippen molar-refractivity contribution in [2.75, 3.05) is 56.9 Å². The lowest BCUT2D eigenvalue weighted by atomic mass is 9.93. The molecule has 0 fully saturated rings. The Kier molecular flexibility index (Phi) is 14.2. The van der Waals surface area contributed by atoms with Crippen molar-refractivity contribution in [2.45, 2.75) is 58.3 Å². The molecule has 0 saturated carbocycles. The Bertz CT molecular complexity index is 3970. The van der Waals surface area contributed by atoms with Crippen LogP contribution < -0.4 is 43.4 Å². The zero-order valence-corrected chi connectivity index (χ0v) is 43.1. The van der Waals surface area contributed by atoms with E-state index in [0.29, 0.717) is 45.8 Å². The SMILES string of the molecule is CCNc1nc(N)nc(Nc2c(C)cc(C)c(Nc3ccc4c(-c5ccccc5S(=O)(=O)O)c5ccc(=Nc6c(C)c(Nc7nc(N)nc(NCCS(=O)(=O)O)n7)c(C)c(S(=O)(=O)O)c6C)cc-5oc4c3)c2C)n1. The van der Waals surface area contributed by atoms with Crippen molar-refractivity contribution >= 4 is 105 Å². The number of nitrogen functional groups attached to an aromatic ring is 2. The van der Waals surface area contributed by atoms with Gasteiger partial charge < -0.3 is 42.5 Å². The Balaban J connectivity index is 1.28. The second-order valence-electron chi connectivity index (χ2n) is 17.0. The summed E-state index contributed by atoms with van der Waals surface area (Å²) < 4.78 is 111. The Hall–Kier alpha value is -8.08. The molecule has 24 nitrogen and oxygen atoms in total. The molecule has 12 N–H and O–H groups in total. The van der Waals surface area contributed by atoms with Gasteiger partial charge in [0.1, 0.15) is 21.1 Å². The van der Waals surface area contributed by atoms with E-state index in [1.165, 1.54) is 26.0 Å². The number of fused-ring (bicyclic) bond motifs is 2. The topological polar surface area (TPSA) is 378 Å². The zero-order chi connectivity index (χ0) is 53.6. The average molecular weight is 1070 g/mol. The molecule has 8 rings (SSSR count). The first-order valence-corrected chi connectivity index (χ1v) is 26.9. The van der Waals surface area contributed by atoms with Crippen LogP contribution >= 0.6 is 0 Å². The molecule has 0 saturated heterocycles. The van der Waals surface area contributed by atoms with Crippen LogP contribution in [0.3, 0.4) is 0 Å². The number of rotatable bonds is 16. The van der Waals surface area contributed by atoms with Crippen LogP contribution in [0, 0.1) is 41.5 Å². The third kappa shape index (κ3) is 11.1. The number of nitrogens with zero attached hydrogens (tertiary/aromatic N) is 7. The van der Waals surface area contributed by atoms with Gasteiger partial charge in [0, 0.05) is 64.4 Å². The van der Waals surface area contributed by atoms with Crippen LogP contribution in [-0.2, 0) is 30.4 Å². The predicted octanol–water partition coefficient (Wildman–Crippen LogP) is 7.28. The van der Waals surface area contributed by atoms with E-state index in [9.17, 15) is 34.4 Å². The highest BCUT2D eigenvalue weighted by atomic mass is 32.2. The number of benzene rings is 5. The highest BCUT2D eigenvalue weighted by Gasteiger charge is 2.27. The first-order chi connectivity index (χ1) is 34.8. The largest absolute Gasteiger partial charge is 0.456 e. The van der Waals surface area contributed by atoms with Crippen LogP contribution in [0.2, 0.25) is 0 Å². The molecule has 386 valence electrons. The summed E-state index contributed by atoms with van der Waals surface area (Å²) in [6.07, 6.45) is 0. The van der Waals surface area contributed by atoms with Crippen LogP contribution in [0.25, 0.3) is 33.4 Å². The van der Waals surface area contributed by atoms with Crippen molar-refractivity contribution in [1.82, 2.24) is 29.9 Å². The Morgan fingerprint density at radius 3 is 1.84 bits per heavy atom. The van der Waals surface area contributed by atoms with Crippen LogP contribution in [0.15, 0.2) is 85.9 Å². The van der Waals surface area contributed by atoms with E-state index in [4.69, 9.17) is 25.4 Å². The standard InChI is InChI=1S/C47H50N14O10S3/c1-8-50-44-56-42(48)58-46(60-44)54-38-23(3)19-22(2)37(24(38)4)52-28-13-15-30-33(20-28)71-34-21-29(14-16-31(34)36(30)32-11-9-10-12-35(32)73(65,66)67)53-39-25(5)40(27(7)41(26(39)6)74(68,69)70)55-47-59-43(49)57-45(61-47)51-17-18-72(62,63)64/h9-16,19-21,52H,8,17-18H2,1-7H3,(H,62,63,64)(H,65,66,67)(H,68,69,70)(H4,48,50,54,56,58,60)(H4,49,51,55,57,59,61). The molecular formula is C47H50N14O10S3. The first-order valence-electron chi connectivity index (χ1n) is 22.4. The molecule has 6 aromatic rings. The van der Waals surface area contributed by atoms with Crippen molar-refractivity contribution < 1.29 is 43.3 Å². The number of aromatic nitrogens is 6. The molecule has 0 radical (unpaired) electrons. The molecule has 3 heterocycles. The number of anilines is 10. The summed E-state index contributed by atoms with van der Waals surface area (Å²) in [5, 5.41) is 16.2. The van der Waals surface area contributed by atoms with Gasteiger partial charge in [-0.3, -0.25) is 13.7 Å². The van der Waals surface area contributed by atoms with E-state index in [1.54, 1.807) is 49.4 Å². The summed E-state index contributed by atoms with van der Waals surface area (Å²) in [5.41, 5.74) is 18.7. The maximum absolute atomic E-state index is 13.0. The van der Waals surface area contributed by atoms with E-state index < -0.39 is 41.0 Å². The summed E-state index contributed by atoms with van der Waals surface area (Å²) in [4.78, 5) is 29.2. The predicted molar refractivity (Wildman–Crippen MR) is 282 cm³/mol. The van der Waals surface area contributed by atoms with Gasteiger partial charge in [-0.15, -0.1) is 0 Å². The zero-order valence-electron chi connectivity index (χ0n) is 40.7. The van der Waals surface area contributed by atoms with Gasteiger partial charge in [0.05, 0.1) is 22.5 Å². The summed E-state index contributed by atoms with van der Waals surface area (Å²) in [6.45, 7) is 12.6. The van der Waals surface area contributed by atoms with Crippen LogP contribution in [0.1, 0.15) is 40.3 Å². The first kappa shape index (κ1) is 52.2.